The van der Waals surface area contributed by atoms with E-state index in [0.717, 1.165) is 24.9 Å². The van der Waals surface area contributed by atoms with Crippen LogP contribution in [0.3, 0.4) is 0 Å². The van der Waals surface area contributed by atoms with E-state index in [1.54, 1.807) is 13.2 Å². The van der Waals surface area contributed by atoms with Crippen molar-refractivity contribution in [2.45, 2.75) is 38.3 Å². The number of benzene rings is 1. The highest BCUT2D eigenvalue weighted by Crippen LogP contribution is 2.33. The lowest BCUT2D eigenvalue weighted by Gasteiger charge is -2.25. The third kappa shape index (κ3) is 3.91. The molecule has 2 N–H and O–H groups in total. The summed E-state index contributed by atoms with van der Waals surface area (Å²) in [5.74, 6) is -0.152. The van der Waals surface area contributed by atoms with E-state index in [4.69, 9.17) is 10.5 Å². The summed E-state index contributed by atoms with van der Waals surface area (Å²) in [6, 6.07) is 5.99. The normalized spacial score (nSPS) is 16.4. The molecule has 3 nitrogen and oxygen atoms in total. The van der Waals surface area contributed by atoms with Crippen molar-refractivity contribution in [3.63, 3.8) is 0 Å². The maximum atomic E-state index is 14.2. The van der Waals surface area contributed by atoms with Crippen LogP contribution in [0.15, 0.2) is 18.2 Å². The third-order valence-electron chi connectivity index (χ3n) is 3.40. The van der Waals surface area contributed by atoms with Gasteiger partial charge in [-0.3, -0.25) is 0 Å². The standard InChI is InChI=1S/C15H23FN2O/c1-11(17)9-12-3-6-15(14(16)10-12)18(7-8-19-2)13-4-5-13/h3,6,10-11,13H,4-5,7-9,17H2,1-2H3. The number of hydrogen-bond acceptors (Lipinski definition) is 3. The summed E-state index contributed by atoms with van der Waals surface area (Å²) in [4.78, 5) is 2.12. The van der Waals surface area contributed by atoms with Crippen LogP contribution < -0.4 is 10.6 Å². The number of anilines is 1. The molecular weight excluding hydrogens is 243 g/mol. The van der Waals surface area contributed by atoms with Crippen molar-refractivity contribution in [1.82, 2.24) is 0 Å². The minimum Gasteiger partial charge on any atom is -0.383 e. The maximum absolute atomic E-state index is 14.2. The minimum absolute atomic E-state index is 0.0540. The van der Waals surface area contributed by atoms with Crippen molar-refractivity contribution in [2.24, 2.45) is 5.73 Å². The molecule has 1 atom stereocenters. The molecule has 0 bridgehead atoms. The van der Waals surface area contributed by atoms with E-state index in [1.807, 2.05) is 19.1 Å². The summed E-state index contributed by atoms with van der Waals surface area (Å²) in [6.45, 7) is 3.29. The Balaban J connectivity index is 2.13. The Hall–Kier alpha value is -1.13. The van der Waals surface area contributed by atoms with Crippen LogP contribution in [0.25, 0.3) is 0 Å². The van der Waals surface area contributed by atoms with Crippen molar-refractivity contribution in [3.05, 3.63) is 29.6 Å². The van der Waals surface area contributed by atoms with Gasteiger partial charge in [0.15, 0.2) is 0 Å². The molecule has 2 rings (SSSR count). The lowest BCUT2D eigenvalue weighted by molar-refractivity contribution is 0.204. The zero-order chi connectivity index (χ0) is 13.8. The molecule has 1 unspecified atom stereocenters. The lowest BCUT2D eigenvalue weighted by atomic mass is 10.1. The highest BCUT2D eigenvalue weighted by atomic mass is 19.1. The maximum Gasteiger partial charge on any atom is 0.146 e. The van der Waals surface area contributed by atoms with Gasteiger partial charge in [-0.2, -0.15) is 0 Å². The van der Waals surface area contributed by atoms with E-state index >= 15 is 0 Å². The van der Waals surface area contributed by atoms with Gasteiger partial charge < -0.3 is 15.4 Å². The molecular formula is C15H23FN2O. The van der Waals surface area contributed by atoms with Crippen molar-refractivity contribution < 1.29 is 9.13 Å². The summed E-state index contributed by atoms with van der Waals surface area (Å²) < 4.78 is 19.4. The second-order valence-electron chi connectivity index (χ2n) is 5.38. The largest absolute Gasteiger partial charge is 0.383 e. The topological polar surface area (TPSA) is 38.5 Å². The Morgan fingerprint density at radius 2 is 2.21 bits per heavy atom. The van der Waals surface area contributed by atoms with Crippen molar-refractivity contribution >= 4 is 5.69 Å². The number of nitrogens with two attached hydrogens (primary N) is 1. The van der Waals surface area contributed by atoms with Gasteiger partial charge in [0.25, 0.3) is 0 Å². The van der Waals surface area contributed by atoms with E-state index in [9.17, 15) is 4.39 Å². The average Bonchev–Trinajstić information content (AvgIpc) is 3.15. The smallest absolute Gasteiger partial charge is 0.146 e. The summed E-state index contributed by atoms with van der Waals surface area (Å²) in [7, 11) is 1.67. The molecule has 106 valence electrons. The fourth-order valence-electron chi connectivity index (χ4n) is 2.36. The fraction of sp³-hybridized carbons (Fsp3) is 0.600. The third-order valence-corrected chi connectivity index (χ3v) is 3.40. The lowest BCUT2D eigenvalue weighted by Crippen LogP contribution is -2.30. The van der Waals surface area contributed by atoms with E-state index in [-0.39, 0.29) is 11.9 Å². The van der Waals surface area contributed by atoms with Gasteiger partial charge in [0.1, 0.15) is 5.82 Å². The van der Waals surface area contributed by atoms with Crippen molar-refractivity contribution in [2.75, 3.05) is 25.2 Å². The molecule has 1 aromatic rings. The minimum atomic E-state index is -0.152. The van der Waals surface area contributed by atoms with Crippen LogP contribution in [0, 0.1) is 5.82 Å². The quantitative estimate of drug-likeness (QED) is 0.823. The molecule has 1 aromatic carbocycles. The number of ether oxygens (including phenoxy) is 1. The monoisotopic (exact) mass is 266 g/mol. The first-order valence-electron chi connectivity index (χ1n) is 6.91. The van der Waals surface area contributed by atoms with Crippen LogP contribution in [0.2, 0.25) is 0 Å². The predicted molar refractivity (Wildman–Crippen MR) is 76.0 cm³/mol. The van der Waals surface area contributed by atoms with Gasteiger partial charge in [-0.1, -0.05) is 6.07 Å². The van der Waals surface area contributed by atoms with Gasteiger partial charge >= 0.3 is 0 Å². The van der Waals surface area contributed by atoms with E-state index < -0.39 is 0 Å². The van der Waals surface area contributed by atoms with Crippen LogP contribution in [0.4, 0.5) is 10.1 Å². The van der Waals surface area contributed by atoms with Gasteiger partial charge in [0.2, 0.25) is 0 Å². The summed E-state index contributed by atoms with van der Waals surface area (Å²) in [5.41, 5.74) is 7.39. The summed E-state index contributed by atoms with van der Waals surface area (Å²) >= 11 is 0. The fourth-order valence-corrected chi connectivity index (χ4v) is 2.36. The number of nitrogens with zero attached hydrogens (tertiary/aromatic N) is 1. The molecule has 1 aliphatic rings. The Labute approximate surface area is 114 Å². The van der Waals surface area contributed by atoms with Crippen molar-refractivity contribution in [1.29, 1.82) is 0 Å². The van der Waals surface area contributed by atoms with Crippen LogP contribution in [-0.2, 0) is 11.2 Å². The van der Waals surface area contributed by atoms with Gasteiger partial charge in [0.05, 0.1) is 12.3 Å². The second kappa shape index (κ2) is 6.35. The number of hydrogen-bond donors (Lipinski definition) is 1. The summed E-state index contributed by atoms with van der Waals surface area (Å²) in [6.07, 6.45) is 2.99. The van der Waals surface area contributed by atoms with Crippen LogP contribution in [-0.4, -0.2) is 32.3 Å². The molecule has 1 fully saturated rings. The Morgan fingerprint density at radius 3 is 2.74 bits per heavy atom. The van der Waals surface area contributed by atoms with E-state index in [2.05, 4.69) is 4.90 Å². The average molecular weight is 266 g/mol. The van der Waals surface area contributed by atoms with Gasteiger partial charge in [-0.25, -0.2) is 4.39 Å². The number of halogens is 1. The molecule has 0 heterocycles. The molecule has 0 aliphatic heterocycles. The first-order chi connectivity index (χ1) is 9.11. The molecule has 1 aliphatic carbocycles. The van der Waals surface area contributed by atoms with Gasteiger partial charge in [-0.05, 0) is 43.9 Å². The predicted octanol–water partition coefficient (Wildman–Crippen LogP) is 2.33. The molecule has 0 spiro atoms. The molecule has 0 amide bonds. The molecule has 1 saturated carbocycles. The van der Waals surface area contributed by atoms with Gasteiger partial charge in [0, 0.05) is 25.7 Å². The first-order valence-corrected chi connectivity index (χ1v) is 6.91. The van der Waals surface area contributed by atoms with Crippen molar-refractivity contribution in [3.8, 4) is 0 Å². The Bertz CT molecular complexity index is 419. The zero-order valence-corrected chi connectivity index (χ0v) is 11.7. The highest BCUT2D eigenvalue weighted by Gasteiger charge is 2.30. The summed E-state index contributed by atoms with van der Waals surface area (Å²) in [5, 5.41) is 0. The Kier molecular flexibility index (Phi) is 4.77. The van der Waals surface area contributed by atoms with Crippen LogP contribution in [0.5, 0.6) is 0 Å². The van der Waals surface area contributed by atoms with E-state index in [0.29, 0.717) is 24.8 Å². The molecule has 19 heavy (non-hydrogen) atoms. The highest BCUT2D eigenvalue weighted by molar-refractivity contribution is 5.51. The van der Waals surface area contributed by atoms with Gasteiger partial charge in [-0.15, -0.1) is 0 Å². The molecule has 0 radical (unpaired) electrons. The number of methoxy groups -OCH3 is 1. The Morgan fingerprint density at radius 1 is 1.47 bits per heavy atom. The second-order valence-corrected chi connectivity index (χ2v) is 5.38. The van der Waals surface area contributed by atoms with Crippen LogP contribution >= 0.6 is 0 Å². The van der Waals surface area contributed by atoms with E-state index in [1.165, 1.54) is 0 Å². The van der Waals surface area contributed by atoms with Crippen LogP contribution in [0.1, 0.15) is 25.3 Å². The molecule has 4 heteroatoms. The first kappa shape index (κ1) is 14.3. The molecule has 0 saturated heterocycles. The SMILES string of the molecule is COCCN(c1ccc(CC(C)N)cc1F)C1CC1. The zero-order valence-electron chi connectivity index (χ0n) is 11.7. The number of rotatable bonds is 7. The molecule has 0 aromatic heterocycles.